The molecule has 4 rings (SSSR count). The number of carbonyl (C=O) groups excluding carboxylic acids is 2. The standard InChI is InChI=1S/C19H14ClFN4O2/c20-15-9-11(21)6-8-13(15)19(27)24-25-17-12-4-2-1-3-10(12)5-7-14(17)16(23-25)18(22)26/h1-4,6,8-9H,5,7H2,(H2,22,26)(H,24,27). The molecule has 0 radical (unpaired) electrons. The Morgan fingerprint density at radius 1 is 1.19 bits per heavy atom. The molecule has 3 aromatic rings. The summed E-state index contributed by atoms with van der Waals surface area (Å²) >= 11 is 5.97. The van der Waals surface area contributed by atoms with Crippen molar-refractivity contribution in [1.29, 1.82) is 0 Å². The Morgan fingerprint density at radius 2 is 1.96 bits per heavy atom. The number of carbonyl (C=O) groups is 2. The molecule has 136 valence electrons. The number of nitrogens with zero attached hydrogens (tertiary/aromatic N) is 2. The summed E-state index contributed by atoms with van der Waals surface area (Å²) in [6.45, 7) is 0. The zero-order valence-corrected chi connectivity index (χ0v) is 14.8. The first-order chi connectivity index (χ1) is 13.0. The van der Waals surface area contributed by atoms with Crippen molar-refractivity contribution >= 4 is 23.4 Å². The first kappa shape index (κ1) is 17.2. The normalized spacial score (nSPS) is 12.2. The van der Waals surface area contributed by atoms with Gasteiger partial charge in [-0.25, -0.2) is 9.82 Å². The van der Waals surface area contributed by atoms with Gasteiger partial charge in [-0.1, -0.05) is 35.9 Å². The number of rotatable bonds is 3. The summed E-state index contributed by atoms with van der Waals surface area (Å²) in [4.78, 5) is 25.7. The number of nitrogens with two attached hydrogens (primary N) is 1. The lowest BCUT2D eigenvalue weighted by Crippen LogP contribution is -2.26. The van der Waals surface area contributed by atoms with Crippen LogP contribution >= 0.6 is 11.6 Å². The van der Waals surface area contributed by atoms with Gasteiger partial charge in [0.15, 0.2) is 5.69 Å². The van der Waals surface area contributed by atoms with Gasteiger partial charge in [-0.2, -0.15) is 4.79 Å². The molecule has 27 heavy (non-hydrogen) atoms. The van der Waals surface area contributed by atoms with Crippen LogP contribution in [0.5, 0.6) is 0 Å². The molecule has 0 saturated carbocycles. The fourth-order valence-corrected chi connectivity index (χ4v) is 3.55. The number of aryl methyl sites for hydroxylation is 1. The van der Waals surface area contributed by atoms with Crippen molar-refractivity contribution in [2.45, 2.75) is 12.8 Å². The minimum atomic E-state index is -0.668. The zero-order chi connectivity index (χ0) is 19.1. The van der Waals surface area contributed by atoms with Gasteiger partial charge < -0.3 is 5.73 Å². The van der Waals surface area contributed by atoms with E-state index in [0.717, 1.165) is 29.7 Å². The summed E-state index contributed by atoms with van der Waals surface area (Å²) in [6.07, 6.45) is 1.32. The number of hydrogen-bond donors (Lipinski definition) is 2. The molecular weight excluding hydrogens is 371 g/mol. The van der Waals surface area contributed by atoms with Crippen LogP contribution in [0.2, 0.25) is 5.02 Å². The Morgan fingerprint density at radius 3 is 2.70 bits per heavy atom. The molecule has 0 unspecified atom stereocenters. The molecule has 0 bridgehead atoms. The van der Waals surface area contributed by atoms with Crippen LogP contribution in [0.15, 0.2) is 42.5 Å². The van der Waals surface area contributed by atoms with E-state index in [1.54, 1.807) is 0 Å². The third-order valence-corrected chi connectivity index (χ3v) is 4.83. The SMILES string of the molecule is NC(=O)c1nn(NC(=O)c2ccc(F)cc2Cl)c2c1CCc1ccccc1-2. The van der Waals surface area contributed by atoms with Gasteiger partial charge in [0.1, 0.15) is 5.82 Å². The molecule has 1 aliphatic carbocycles. The molecule has 0 fully saturated rings. The maximum absolute atomic E-state index is 13.2. The van der Waals surface area contributed by atoms with Crippen molar-refractivity contribution in [3.63, 3.8) is 0 Å². The fourth-order valence-electron chi connectivity index (χ4n) is 3.30. The number of fused-ring (bicyclic) bond motifs is 3. The number of halogens is 2. The number of hydrogen-bond acceptors (Lipinski definition) is 3. The third kappa shape index (κ3) is 2.96. The van der Waals surface area contributed by atoms with Crippen molar-refractivity contribution in [3.05, 3.63) is 75.7 Å². The summed E-state index contributed by atoms with van der Waals surface area (Å²) in [5.74, 6) is -1.79. The average Bonchev–Trinajstić information content (AvgIpc) is 3.01. The van der Waals surface area contributed by atoms with Crippen LogP contribution < -0.4 is 11.2 Å². The van der Waals surface area contributed by atoms with Crippen molar-refractivity contribution in [2.24, 2.45) is 5.73 Å². The Labute approximate surface area is 158 Å². The van der Waals surface area contributed by atoms with Crippen LogP contribution in [-0.2, 0) is 12.8 Å². The van der Waals surface area contributed by atoms with E-state index in [2.05, 4.69) is 10.5 Å². The van der Waals surface area contributed by atoms with Crippen LogP contribution in [0.25, 0.3) is 11.3 Å². The highest BCUT2D eigenvalue weighted by molar-refractivity contribution is 6.34. The van der Waals surface area contributed by atoms with Crippen LogP contribution in [-0.4, -0.2) is 21.7 Å². The number of primary amides is 1. The molecule has 1 aliphatic rings. The molecule has 0 aliphatic heterocycles. The summed E-state index contributed by atoms with van der Waals surface area (Å²) in [7, 11) is 0. The van der Waals surface area contributed by atoms with Crippen LogP contribution in [0, 0.1) is 5.82 Å². The van der Waals surface area contributed by atoms with Crippen LogP contribution in [0.4, 0.5) is 4.39 Å². The summed E-state index contributed by atoms with van der Waals surface area (Å²) in [5.41, 5.74) is 11.5. The maximum Gasteiger partial charge on any atom is 0.272 e. The molecule has 3 N–H and O–H groups in total. The van der Waals surface area contributed by atoms with E-state index >= 15 is 0 Å². The van der Waals surface area contributed by atoms with E-state index in [-0.39, 0.29) is 16.3 Å². The van der Waals surface area contributed by atoms with Gasteiger partial charge in [0, 0.05) is 11.1 Å². The number of benzene rings is 2. The predicted octanol–water partition coefficient (Wildman–Crippen LogP) is 2.92. The topological polar surface area (TPSA) is 90.0 Å². The Kier molecular flexibility index (Phi) is 4.16. The molecule has 0 atom stereocenters. The number of aromatic nitrogens is 2. The molecule has 2 aromatic carbocycles. The van der Waals surface area contributed by atoms with E-state index < -0.39 is 17.6 Å². The number of nitrogens with one attached hydrogen (secondary N) is 1. The molecule has 6 nitrogen and oxygen atoms in total. The molecular formula is C19H14ClFN4O2. The quantitative estimate of drug-likeness (QED) is 0.727. The molecule has 2 amide bonds. The lowest BCUT2D eigenvalue weighted by Gasteiger charge is -2.18. The first-order valence-electron chi connectivity index (χ1n) is 8.22. The summed E-state index contributed by atoms with van der Waals surface area (Å²) < 4.78 is 13.2. The van der Waals surface area contributed by atoms with Gasteiger partial charge in [-0.15, -0.1) is 5.10 Å². The average molecular weight is 385 g/mol. The Balaban J connectivity index is 1.80. The van der Waals surface area contributed by atoms with Crippen molar-refractivity contribution in [2.75, 3.05) is 5.43 Å². The van der Waals surface area contributed by atoms with Gasteiger partial charge in [0.2, 0.25) is 0 Å². The highest BCUT2D eigenvalue weighted by Gasteiger charge is 2.28. The van der Waals surface area contributed by atoms with Crippen LogP contribution in [0.3, 0.4) is 0 Å². The van der Waals surface area contributed by atoms with Crippen molar-refractivity contribution < 1.29 is 14.0 Å². The minimum Gasteiger partial charge on any atom is -0.364 e. The molecule has 0 spiro atoms. The highest BCUT2D eigenvalue weighted by Crippen LogP contribution is 2.34. The monoisotopic (exact) mass is 384 g/mol. The predicted molar refractivity (Wildman–Crippen MR) is 98.7 cm³/mol. The fraction of sp³-hybridized carbons (Fsp3) is 0.105. The van der Waals surface area contributed by atoms with Gasteiger partial charge in [-0.05, 0) is 36.6 Å². The van der Waals surface area contributed by atoms with Crippen LogP contribution in [0.1, 0.15) is 32.0 Å². The van der Waals surface area contributed by atoms with E-state index in [0.29, 0.717) is 17.7 Å². The van der Waals surface area contributed by atoms with Crippen molar-refractivity contribution in [3.8, 4) is 11.3 Å². The summed E-state index contributed by atoms with van der Waals surface area (Å²) in [6, 6.07) is 11.2. The summed E-state index contributed by atoms with van der Waals surface area (Å²) in [5, 5.41) is 4.17. The number of amides is 2. The van der Waals surface area contributed by atoms with E-state index in [4.69, 9.17) is 17.3 Å². The molecule has 1 aromatic heterocycles. The molecule has 1 heterocycles. The third-order valence-electron chi connectivity index (χ3n) is 4.52. The second-order valence-electron chi connectivity index (χ2n) is 6.17. The van der Waals surface area contributed by atoms with Gasteiger partial charge in [0.05, 0.1) is 16.3 Å². The Hall–Kier alpha value is -3.19. The maximum atomic E-state index is 13.2. The Bertz CT molecular complexity index is 1090. The largest absolute Gasteiger partial charge is 0.364 e. The van der Waals surface area contributed by atoms with E-state index in [1.165, 1.54) is 10.9 Å². The first-order valence-corrected chi connectivity index (χ1v) is 8.60. The second-order valence-corrected chi connectivity index (χ2v) is 6.58. The van der Waals surface area contributed by atoms with Gasteiger partial charge in [0.25, 0.3) is 11.8 Å². The second kappa shape index (κ2) is 6.51. The lowest BCUT2D eigenvalue weighted by molar-refractivity contribution is 0.0983. The highest BCUT2D eigenvalue weighted by atomic mass is 35.5. The van der Waals surface area contributed by atoms with Gasteiger partial charge >= 0.3 is 0 Å². The molecule has 8 heteroatoms. The van der Waals surface area contributed by atoms with Crippen molar-refractivity contribution in [1.82, 2.24) is 9.89 Å². The van der Waals surface area contributed by atoms with E-state index in [1.807, 2.05) is 24.3 Å². The minimum absolute atomic E-state index is 0.0240. The zero-order valence-electron chi connectivity index (χ0n) is 14.0. The molecule has 0 saturated heterocycles. The smallest absolute Gasteiger partial charge is 0.272 e. The lowest BCUT2D eigenvalue weighted by atomic mass is 9.89. The van der Waals surface area contributed by atoms with E-state index in [9.17, 15) is 14.0 Å². The van der Waals surface area contributed by atoms with Gasteiger partial charge in [-0.3, -0.25) is 9.59 Å².